The fourth-order valence-corrected chi connectivity index (χ4v) is 1.51. The Balaban J connectivity index is 2.60. The Bertz CT molecular complexity index is 285. The fourth-order valence-electron chi connectivity index (χ4n) is 1.51. The molecule has 0 amide bonds. The molecule has 0 bridgehead atoms. The molecule has 1 rings (SSSR count). The minimum atomic E-state index is 0.298. The second-order valence-corrected chi connectivity index (χ2v) is 3.52. The van der Waals surface area contributed by atoms with Crippen molar-refractivity contribution < 1.29 is 4.74 Å². The minimum Gasteiger partial charge on any atom is -0.383 e. The zero-order chi connectivity index (χ0) is 11.1. The normalized spacial score (nSPS) is 12.4. The molecule has 3 N–H and O–H groups in total. The lowest BCUT2D eigenvalue weighted by Crippen LogP contribution is -2.25. The number of nitrogens with one attached hydrogen (secondary N) is 1. The van der Waals surface area contributed by atoms with Crippen LogP contribution in [0.15, 0.2) is 18.3 Å². The van der Waals surface area contributed by atoms with Crippen molar-refractivity contribution in [2.45, 2.75) is 25.8 Å². The zero-order valence-electron chi connectivity index (χ0n) is 9.36. The van der Waals surface area contributed by atoms with Crippen LogP contribution in [0.2, 0.25) is 0 Å². The number of aromatic nitrogens is 1. The molecule has 0 saturated heterocycles. The third-order valence-corrected chi connectivity index (χ3v) is 2.20. The van der Waals surface area contributed by atoms with Crippen LogP contribution in [-0.4, -0.2) is 24.7 Å². The number of hydrogen-bond donors (Lipinski definition) is 2. The van der Waals surface area contributed by atoms with Crippen molar-refractivity contribution >= 4 is 11.5 Å². The standard InChI is InChI=1S/C11H19N3O/c1-3-5-9(8-15-2)14-10-6-4-7-13-11(10)12/h4,6-7,9,14H,3,5,8H2,1-2H3,(H2,12,13). The summed E-state index contributed by atoms with van der Waals surface area (Å²) in [5.74, 6) is 0.537. The molecule has 1 heterocycles. The van der Waals surface area contributed by atoms with Gasteiger partial charge in [-0.25, -0.2) is 4.98 Å². The van der Waals surface area contributed by atoms with Gasteiger partial charge in [0.2, 0.25) is 0 Å². The Labute approximate surface area is 90.8 Å². The molecular weight excluding hydrogens is 190 g/mol. The molecule has 0 aliphatic heterocycles. The predicted octanol–water partition coefficient (Wildman–Crippen LogP) is 1.89. The van der Waals surface area contributed by atoms with E-state index in [1.807, 2.05) is 12.1 Å². The van der Waals surface area contributed by atoms with Crippen LogP contribution in [0.1, 0.15) is 19.8 Å². The molecule has 1 atom stereocenters. The molecule has 0 radical (unpaired) electrons. The van der Waals surface area contributed by atoms with Gasteiger partial charge < -0.3 is 15.8 Å². The van der Waals surface area contributed by atoms with E-state index in [-0.39, 0.29) is 0 Å². The van der Waals surface area contributed by atoms with Gasteiger partial charge in [0.15, 0.2) is 0 Å². The fraction of sp³-hybridized carbons (Fsp3) is 0.545. The van der Waals surface area contributed by atoms with Gasteiger partial charge in [0.25, 0.3) is 0 Å². The van der Waals surface area contributed by atoms with Gasteiger partial charge in [-0.3, -0.25) is 0 Å². The van der Waals surface area contributed by atoms with Crippen LogP contribution in [0, 0.1) is 0 Å². The summed E-state index contributed by atoms with van der Waals surface area (Å²) in [6, 6.07) is 4.10. The molecule has 4 nitrogen and oxygen atoms in total. The molecule has 1 unspecified atom stereocenters. The summed E-state index contributed by atoms with van der Waals surface area (Å²) in [6.07, 6.45) is 3.86. The number of nitrogens with zero attached hydrogens (tertiary/aromatic N) is 1. The number of hydrogen-bond acceptors (Lipinski definition) is 4. The Kier molecular flexibility index (Phi) is 4.90. The second-order valence-electron chi connectivity index (χ2n) is 3.52. The molecule has 84 valence electrons. The first-order valence-electron chi connectivity index (χ1n) is 5.24. The van der Waals surface area contributed by atoms with E-state index >= 15 is 0 Å². The van der Waals surface area contributed by atoms with E-state index in [4.69, 9.17) is 10.5 Å². The molecule has 0 aliphatic carbocycles. The third-order valence-electron chi connectivity index (χ3n) is 2.20. The van der Waals surface area contributed by atoms with Gasteiger partial charge in [0, 0.05) is 19.3 Å². The molecule has 0 saturated carbocycles. The Morgan fingerprint density at radius 1 is 1.60 bits per heavy atom. The summed E-state index contributed by atoms with van der Waals surface area (Å²) in [5.41, 5.74) is 6.63. The first-order chi connectivity index (χ1) is 7.27. The van der Waals surface area contributed by atoms with E-state index in [9.17, 15) is 0 Å². The van der Waals surface area contributed by atoms with Crippen LogP contribution in [0.25, 0.3) is 0 Å². The first kappa shape index (κ1) is 11.8. The summed E-state index contributed by atoms with van der Waals surface area (Å²) in [5, 5.41) is 3.34. The number of methoxy groups -OCH3 is 1. The van der Waals surface area contributed by atoms with Crippen molar-refractivity contribution in [2.75, 3.05) is 24.8 Å². The highest BCUT2D eigenvalue weighted by molar-refractivity contribution is 5.61. The van der Waals surface area contributed by atoms with Crippen LogP contribution >= 0.6 is 0 Å². The van der Waals surface area contributed by atoms with Crippen molar-refractivity contribution in [2.24, 2.45) is 0 Å². The highest BCUT2D eigenvalue weighted by Gasteiger charge is 2.08. The van der Waals surface area contributed by atoms with Gasteiger partial charge in [0.05, 0.1) is 12.3 Å². The Morgan fingerprint density at radius 2 is 2.40 bits per heavy atom. The lowest BCUT2D eigenvalue weighted by atomic mass is 10.1. The monoisotopic (exact) mass is 209 g/mol. The molecule has 1 aromatic heterocycles. The zero-order valence-corrected chi connectivity index (χ0v) is 9.36. The smallest absolute Gasteiger partial charge is 0.146 e. The molecule has 0 spiro atoms. The maximum atomic E-state index is 5.75. The molecule has 0 aromatic carbocycles. The SMILES string of the molecule is CCCC(COC)Nc1cccnc1N. The van der Waals surface area contributed by atoms with Gasteiger partial charge in [-0.2, -0.15) is 0 Å². The average Bonchev–Trinajstić information content (AvgIpc) is 2.22. The predicted molar refractivity (Wildman–Crippen MR) is 62.8 cm³/mol. The Hall–Kier alpha value is -1.29. The lowest BCUT2D eigenvalue weighted by molar-refractivity contribution is 0.182. The molecule has 0 fully saturated rings. The average molecular weight is 209 g/mol. The van der Waals surface area contributed by atoms with Crippen LogP contribution in [0.4, 0.5) is 11.5 Å². The number of ether oxygens (including phenoxy) is 1. The van der Waals surface area contributed by atoms with Gasteiger partial charge >= 0.3 is 0 Å². The van der Waals surface area contributed by atoms with Gasteiger partial charge in [0.1, 0.15) is 5.82 Å². The molecular formula is C11H19N3O. The molecule has 1 aromatic rings. The van der Waals surface area contributed by atoms with E-state index in [1.165, 1.54) is 0 Å². The second kappa shape index (κ2) is 6.24. The maximum Gasteiger partial charge on any atom is 0.146 e. The van der Waals surface area contributed by atoms with E-state index in [2.05, 4.69) is 17.2 Å². The van der Waals surface area contributed by atoms with E-state index in [1.54, 1.807) is 13.3 Å². The van der Waals surface area contributed by atoms with Crippen LogP contribution in [0.3, 0.4) is 0 Å². The minimum absolute atomic E-state index is 0.298. The number of nitrogen functional groups attached to an aromatic ring is 1. The summed E-state index contributed by atoms with van der Waals surface area (Å²) >= 11 is 0. The summed E-state index contributed by atoms with van der Waals surface area (Å²) < 4.78 is 5.14. The lowest BCUT2D eigenvalue weighted by Gasteiger charge is -2.18. The van der Waals surface area contributed by atoms with Gasteiger partial charge in [-0.05, 0) is 18.6 Å². The van der Waals surface area contributed by atoms with Crippen molar-refractivity contribution in [3.63, 3.8) is 0 Å². The summed E-state index contributed by atoms with van der Waals surface area (Å²) in [4.78, 5) is 4.03. The van der Waals surface area contributed by atoms with E-state index in [0.717, 1.165) is 18.5 Å². The van der Waals surface area contributed by atoms with E-state index < -0.39 is 0 Å². The van der Waals surface area contributed by atoms with Crippen molar-refractivity contribution in [1.82, 2.24) is 4.98 Å². The summed E-state index contributed by atoms with van der Waals surface area (Å²) in [7, 11) is 1.71. The number of anilines is 2. The van der Waals surface area contributed by atoms with Crippen LogP contribution in [0.5, 0.6) is 0 Å². The highest BCUT2D eigenvalue weighted by atomic mass is 16.5. The molecule has 4 heteroatoms. The van der Waals surface area contributed by atoms with Crippen molar-refractivity contribution in [3.05, 3.63) is 18.3 Å². The summed E-state index contributed by atoms with van der Waals surface area (Å²) in [6.45, 7) is 2.83. The van der Waals surface area contributed by atoms with Crippen molar-refractivity contribution in [3.8, 4) is 0 Å². The maximum absolute atomic E-state index is 5.75. The topological polar surface area (TPSA) is 60.2 Å². The quantitative estimate of drug-likeness (QED) is 0.751. The third kappa shape index (κ3) is 3.75. The van der Waals surface area contributed by atoms with Gasteiger partial charge in [-0.1, -0.05) is 13.3 Å². The number of pyridine rings is 1. The highest BCUT2D eigenvalue weighted by Crippen LogP contribution is 2.16. The largest absolute Gasteiger partial charge is 0.383 e. The number of nitrogens with two attached hydrogens (primary N) is 1. The van der Waals surface area contributed by atoms with Crippen LogP contribution in [-0.2, 0) is 4.74 Å². The van der Waals surface area contributed by atoms with Crippen molar-refractivity contribution in [1.29, 1.82) is 0 Å². The molecule has 15 heavy (non-hydrogen) atoms. The first-order valence-corrected chi connectivity index (χ1v) is 5.24. The molecule has 0 aliphatic rings. The van der Waals surface area contributed by atoms with E-state index in [0.29, 0.717) is 18.5 Å². The number of rotatable bonds is 6. The Morgan fingerprint density at radius 3 is 3.00 bits per heavy atom. The van der Waals surface area contributed by atoms with Gasteiger partial charge in [-0.15, -0.1) is 0 Å². The van der Waals surface area contributed by atoms with Crippen LogP contribution < -0.4 is 11.1 Å².